The Labute approximate surface area is 75.3 Å². The van der Waals surface area contributed by atoms with Crippen molar-refractivity contribution >= 4 is 41.0 Å². The van der Waals surface area contributed by atoms with Crippen molar-refractivity contribution in [3.63, 3.8) is 0 Å². The number of nitrogens with zero attached hydrogens (tertiary/aromatic N) is 1. The Hall–Kier alpha value is 0.500. The highest BCUT2D eigenvalue weighted by molar-refractivity contribution is 6.74. The first-order valence-electron chi connectivity index (χ1n) is 2.75. The molecule has 0 aliphatic rings. The van der Waals surface area contributed by atoms with Crippen molar-refractivity contribution in [2.75, 3.05) is 6.54 Å². The molecule has 0 aliphatic carbocycles. The van der Waals surface area contributed by atoms with Gasteiger partial charge in [0.2, 0.25) is 3.79 Å². The summed E-state index contributed by atoms with van der Waals surface area (Å²) in [6.07, 6.45) is 1.25. The van der Waals surface area contributed by atoms with E-state index in [2.05, 4.69) is 4.99 Å². The molecule has 0 amide bonds. The molecule has 0 bridgehead atoms. The van der Waals surface area contributed by atoms with Gasteiger partial charge >= 0.3 is 0 Å². The summed E-state index contributed by atoms with van der Waals surface area (Å²) in [5, 5.41) is 0. The minimum absolute atomic E-state index is 0.00333. The van der Waals surface area contributed by atoms with Gasteiger partial charge in [-0.1, -0.05) is 34.8 Å². The van der Waals surface area contributed by atoms with Crippen LogP contribution in [0.3, 0.4) is 0 Å². The Morgan fingerprint density at radius 2 is 2.10 bits per heavy atom. The van der Waals surface area contributed by atoms with Gasteiger partial charge < -0.3 is 5.73 Å². The number of nitrogens with two attached hydrogens (primary N) is 1. The average molecular weight is 204 g/mol. The van der Waals surface area contributed by atoms with E-state index in [-0.39, 0.29) is 6.04 Å². The van der Waals surface area contributed by atoms with Gasteiger partial charge in [-0.25, -0.2) is 0 Å². The van der Waals surface area contributed by atoms with E-state index in [9.17, 15) is 0 Å². The fourth-order valence-electron chi connectivity index (χ4n) is 0.322. The maximum atomic E-state index is 5.38. The third-order valence-electron chi connectivity index (χ3n) is 0.631. The van der Waals surface area contributed by atoms with E-state index < -0.39 is 3.79 Å². The highest BCUT2D eigenvalue weighted by Gasteiger charge is 2.14. The molecule has 0 saturated heterocycles. The van der Waals surface area contributed by atoms with Crippen LogP contribution in [0.15, 0.2) is 4.99 Å². The molecule has 0 aromatic carbocycles. The third kappa shape index (κ3) is 8.50. The third-order valence-corrected chi connectivity index (χ3v) is 0.924. The lowest BCUT2D eigenvalue weighted by atomic mass is 10.4. The number of aliphatic imine (C=N–C) groups is 1. The monoisotopic (exact) mass is 202 g/mol. The molecule has 0 aromatic rings. The zero-order valence-corrected chi connectivity index (χ0v) is 7.79. The Bertz CT molecular complexity index is 117. The fourth-order valence-corrected chi connectivity index (χ4v) is 0.530. The summed E-state index contributed by atoms with van der Waals surface area (Å²) in [6.45, 7) is 2.31. The SMILES string of the molecule is CC(N)CN=CC(Cl)(Cl)Cl. The van der Waals surface area contributed by atoms with Gasteiger partial charge in [0.1, 0.15) is 0 Å². The summed E-state index contributed by atoms with van der Waals surface area (Å²) in [4.78, 5) is 3.80. The second kappa shape index (κ2) is 4.39. The van der Waals surface area contributed by atoms with Gasteiger partial charge in [-0.3, -0.25) is 4.99 Å². The molecular weight excluding hydrogens is 194 g/mol. The van der Waals surface area contributed by atoms with Crippen LogP contribution in [-0.4, -0.2) is 22.6 Å². The van der Waals surface area contributed by atoms with E-state index in [0.29, 0.717) is 6.54 Å². The summed E-state index contributed by atoms with van der Waals surface area (Å²) in [6, 6.07) is 0.00333. The number of alkyl halides is 3. The Morgan fingerprint density at radius 1 is 1.60 bits per heavy atom. The fraction of sp³-hybridized carbons (Fsp3) is 0.800. The Morgan fingerprint density at radius 3 is 2.40 bits per heavy atom. The first-order chi connectivity index (χ1) is 4.42. The summed E-state index contributed by atoms with van der Waals surface area (Å²) in [7, 11) is 0. The first kappa shape index (κ1) is 10.5. The van der Waals surface area contributed by atoms with Crippen molar-refractivity contribution < 1.29 is 0 Å². The van der Waals surface area contributed by atoms with Gasteiger partial charge in [0, 0.05) is 12.3 Å². The zero-order valence-electron chi connectivity index (χ0n) is 5.52. The van der Waals surface area contributed by atoms with Gasteiger partial charge in [0.15, 0.2) is 0 Å². The average Bonchev–Trinajstić information content (AvgIpc) is 1.59. The number of rotatable bonds is 2. The van der Waals surface area contributed by atoms with Crippen molar-refractivity contribution in [1.29, 1.82) is 0 Å². The van der Waals surface area contributed by atoms with E-state index in [0.717, 1.165) is 0 Å². The van der Waals surface area contributed by atoms with Gasteiger partial charge in [0.05, 0.1) is 6.54 Å². The smallest absolute Gasteiger partial charge is 0.225 e. The van der Waals surface area contributed by atoms with Crippen LogP contribution < -0.4 is 5.73 Å². The lowest BCUT2D eigenvalue weighted by Gasteiger charge is -2.02. The van der Waals surface area contributed by atoms with E-state index in [1.165, 1.54) is 6.21 Å². The second-order valence-corrected chi connectivity index (χ2v) is 4.38. The van der Waals surface area contributed by atoms with E-state index >= 15 is 0 Å². The zero-order chi connectivity index (χ0) is 8.20. The Kier molecular flexibility index (Phi) is 4.61. The maximum absolute atomic E-state index is 5.38. The van der Waals surface area contributed by atoms with Crippen molar-refractivity contribution in [2.24, 2.45) is 10.7 Å². The summed E-state index contributed by atoms with van der Waals surface area (Å²) >= 11 is 16.1. The maximum Gasteiger partial charge on any atom is 0.225 e. The molecule has 0 spiro atoms. The van der Waals surface area contributed by atoms with Crippen LogP contribution in [0.25, 0.3) is 0 Å². The molecule has 1 atom stereocenters. The van der Waals surface area contributed by atoms with Crippen LogP contribution in [0.1, 0.15) is 6.92 Å². The largest absolute Gasteiger partial charge is 0.326 e. The number of hydrogen-bond donors (Lipinski definition) is 1. The molecule has 60 valence electrons. The number of hydrogen-bond acceptors (Lipinski definition) is 2. The molecule has 0 rings (SSSR count). The molecule has 0 aromatic heterocycles. The van der Waals surface area contributed by atoms with Crippen LogP contribution in [0.2, 0.25) is 0 Å². The summed E-state index contributed by atoms with van der Waals surface area (Å²) < 4.78 is -1.39. The molecule has 1 unspecified atom stereocenters. The van der Waals surface area contributed by atoms with Crippen LogP contribution in [-0.2, 0) is 0 Å². The molecule has 0 fully saturated rings. The molecule has 0 heterocycles. The van der Waals surface area contributed by atoms with E-state index in [4.69, 9.17) is 40.5 Å². The van der Waals surface area contributed by atoms with E-state index in [1.807, 2.05) is 6.92 Å². The molecule has 5 heteroatoms. The van der Waals surface area contributed by atoms with Gasteiger partial charge in [-0.05, 0) is 6.92 Å². The van der Waals surface area contributed by atoms with Crippen LogP contribution in [0.4, 0.5) is 0 Å². The molecule has 2 N–H and O–H groups in total. The van der Waals surface area contributed by atoms with Crippen molar-refractivity contribution in [3.8, 4) is 0 Å². The molecule has 2 nitrogen and oxygen atoms in total. The Balaban J connectivity index is 3.57. The molecular formula is C5H9Cl3N2. The minimum Gasteiger partial charge on any atom is -0.326 e. The van der Waals surface area contributed by atoms with E-state index in [1.54, 1.807) is 0 Å². The lowest BCUT2D eigenvalue weighted by molar-refractivity contribution is 0.755. The normalized spacial score (nSPS) is 16.1. The molecule has 0 saturated carbocycles. The summed E-state index contributed by atoms with van der Waals surface area (Å²) in [5.41, 5.74) is 5.38. The lowest BCUT2D eigenvalue weighted by Crippen LogP contribution is -2.19. The predicted molar refractivity (Wildman–Crippen MR) is 47.3 cm³/mol. The quantitative estimate of drug-likeness (QED) is 0.539. The van der Waals surface area contributed by atoms with Gasteiger partial charge in [-0.15, -0.1) is 0 Å². The van der Waals surface area contributed by atoms with Crippen molar-refractivity contribution in [3.05, 3.63) is 0 Å². The molecule has 0 aliphatic heterocycles. The highest BCUT2D eigenvalue weighted by atomic mass is 35.6. The molecule has 10 heavy (non-hydrogen) atoms. The van der Waals surface area contributed by atoms with Gasteiger partial charge in [-0.2, -0.15) is 0 Å². The second-order valence-electron chi connectivity index (χ2n) is 2.01. The van der Waals surface area contributed by atoms with Crippen LogP contribution >= 0.6 is 34.8 Å². The van der Waals surface area contributed by atoms with Crippen LogP contribution in [0.5, 0.6) is 0 Å². The number of halogens is 3. The first-order valence-corrected chi connectivity index (χ1v) is 3.88. The topological polar surface area (TPSA) is 38.4 Å². The standard InChI is InChI=1S/C5H9Cl3N2/c1-4(9)2-10-3-5(6,7)8/h3-4H,2,9H2,1H3. The minimum atomic E-state index is -1.39. The van der Waals surface area contributed by atoms with Crippen LogP contribution in [0, 0.1) is 0 Å². The van der Waals surface area contributed by atoms with Crippen molar-refractivity contribution in [2.45, 2.75) is 16.8 Å². The molecule has 0 radical (unpaired) electrons. The van der Waals surface area contributed by atoms with Crippen molar-refractivity contribution in [1.82, 2.24) is 0 Å². The highest BCUT2D eigenvalue weighted by Crippen LogP contribution is 2.22. The van der Waals surface area contributed by atoms with Gasteiger partial charge in [0.25, 0.3) is 0 Å². The predicted octanol–water partition coefficient (Wildman–Crippen LogP) is 1.77. The summed E-state index contributed by atoms with van der Waals surface area (Å²) in [5.74, 6) is 0.